The first-order valence-electron chi connectivity index (χ1n) is 8.42. The number of amides is 1. The predicted molar refractivity (Wildman–Crippen MR) is 93.1 cm³/mol. The molecule has 0 spiro atoms. The zero-order valence-electron chi connectivity index (χ0n) is 14.5. The zero-order chi connectivity index (χ0) is 17.8. The van der Waals surface area contributed by atoms with Gasteiger partial charge in [-0.3, -0.25) is 14.8 Å². The molecule has 2 N–H and O–H groups in total. The minimum Gasteiger partial charge on any atom is -0.494 e. The van der Waals surface area contributed by atoms with Gasteiger partial charge in [0.2, 0.25) is 5.91 Å². The highest BCUT2D eigenvalue weighted by Crippen LogP contribution is 2.31. The number of likely N-dealkylation sites (tertiary alicyclic amines) is 1. The van der Waals surface area contributed by atoms with Crippen molar-refractivity contribution in [2.45, 2.75) is 32.2 Å². The third-order valence-electron chi connectivity index (χ3n) is 4.52. The smallest absolute Gasteiger partial charge is 0.221 e. The van der Waals surface area contributed by atoms with E-state index < -0.39 is 0 Å². The monoisotopic (exact) mass is 346 g/mol. The summed E-state index contributed by atoms with van der Waals surface area (Å²) < 4.78 is 18.8. The molecule has 25 heavy (non-hydrogen) atoms. The minimum absolute atomic E-state index is 0.107. The van der Waals surface area contributed by atoms with Crippen LogP contribution in [0.2, 0.25) is 0 Å². The van der Waals surface area contributed by atoms with Gasteiger partial charge in [0.05, 0.1) is 24.7 Å². The van der Waals surface area contributed by atoms with E-state index in [1.165, 1.54) is 20.1 Å². The maximum absolute atomic E-state index is 13.9. The number of aromatic amines is 1. The van der Waals surface area contributed by atoms with E-state index in [0.717, 1.165) is 42.9 Å². The molecule has 7 heteroatoms. The van der Waals surface area contributed by atoms with Crippen LogP contribution in [0.4, 0.5) is 10.1 Å². The number of nitrogens with one attached hydrogen (secondary N) is 2. The number of hydrogen-bond donors (Lipinski definition) is 2. The van der Waals surface area contributed by atoms with E-state index in [0.29, 0.717) is 6.54 Å². The Morgan fingerprint density at radius 1 is 1.52 bits per heavy atom. The van der Waals surface area contributed by atoms with Crippen LogP contribution in [0.15, 0.2) is 24.4 Å². The quantitative estimate of drug-likeness (QED) is 0.873. The lowest BCUT2D eigenvalue weighted by atomic mass is 9.93. The first-order valence-corrected chi connectivity index (χ1v) is 8.42. The molecular formula is C18H23FN4O2. The Kier molecular flexibility index (Phi) is 5.33. The van der Waals surface area contributed by atoms with E-state index >= 15 is 0 Å². The number of ether oxygens (including phenoxy) is 1. The molecule has 2 heterocycles. The Bertz CT molecular complexity index is 746. The molecule has 134 valence electrons. The summed E-state index contributed by atoms with van der Waals surface area (Å²) >= 11 is 0. The van der Waals surface area contributed by atoms with Gasteiger partial charge in [0.1, 0.15) is 0 Å². The van der Waals surface area contributed by atoms with E-state index in [1.54, 1.807) is 12.3 Å². The lowest BCUT2D eigenvalue weighted by molar-refractivity contribution is -0.114. The first-order chi connectivity index (χ1) is 12.1. The topological polar surface area (TPSA) is 70.2 Å². The molecule has 2 aromatic rings. The predicted octanol–water partition coefficient (Wildman–Crippen LogP) is 2.90. The van der Waals surface area contributed by atoms with Crippen LogP contribution in [0.25, 0.3) is 0 Å². The second kappa shape index (κ2) is 7.65. The lowest BCUT2D eigenvalue weighted by Crippen LogP contribution is -2.34. The fourth-order valence-corrected chi connectivity index (χ4v) is 3.40. The fraction of sp³-hybridized carbons (Fsp3) is 0.444. The summed E-state index contributed by atoms with van der Waals surface area (Å²) in [5.74, 6) is 0.0815. The van der Waals surface area contributed by atoms with E-state index in [4.69, 9.17) is 4.74 Å². The number of carbonyl (C=O) groups excluding carboxylic acids is 1. The summed E-state index contributed by atoms with van der Waals surface area (Å²) in [6.45, 7) is 3.97. The summed E-state index contributed by atoms with van der Waals surface area (Å²) in [5.41, 5.74) is 2.63. The van der Waals surface area contributed by atoms with E-state index in [-0.39, 0.29) is 23.4 Å². The Hall–Kier alpha value is -2.41. The van der Waals surface area contributed by atoms with Gasteiger partial charge >= 0.3 is 0 Å². The number of nitrogens with zero attached hydrogens (tertiary/aromatic N) is 2. The van der Waals surface area contributed by atoms with Crippen molar-refractivity contribution in [3.05, 3.63) is 41.5 Å². The normalized spacial score (nSPS) is 18.1. The van der Waals surface area contributed by atoms with Crippen molar-refractivity contribution < 1.29 is 13.9 Å². The number of aromatic nitrogens is 2. The van der Waals surface area contributed by atoms with Gasteiger partial charge in [-0.1, -0.05) is 6.07 Å². The summed E-state index contributed by atoms with van der Waals surface area (Å²) in [4.78, 5) is 13.6. The average Bonchev–Trinajstić information content (AvgIpc) is 3.03. The van der Waals surface area contributed by atoms with E-state index in [2.05, 4.69) is 20.4 Å². The maximum atomic E-state index is 13.9. The highest BCUT2D eigenvalue weighted by Gasteiger charge is 2.25. The molecule has 3 rings (SSSR count). The van der Waals surface area contributed by atoms with Crippen LogP contribution in [0.3, 0.4) is 0 Å². The molecule has 0 aliphatic carbocycles. The Morgan fingerprint density at radius 3 is 3.08 bits per heavy atom. The number of halogens is 1. The molecule has 1 aliphatic heterocycles. The molecular weight excluding hydrogens is 323 g/mol. The number of piperidine rings is 1. The van der Waals surface area contributed by atoms with Crippen molar-refractivity contribution in [2.24, 2.45) is 0 Å². The van der Waals surface area contributed by atoms with Crippen molar-refractivity contribution in [1.29, 1.82) is 0 Å². The van der Waals surface area contributed by atoms with Gasteiger partial charge in [0.15, 0.2) is 11.6 Å². The molecule has 1 atom stereocenters. The maximum Gasteiger partial charge on any atom is 0.221 e. The van der Waals surface area contributed by atoms with E-state index in [1.807, 2.05) is 6.07 Å². The molecule has 1 aliphatic rings. The Balaban J connectivity index is 1.68. The van der Waals surface area contributed by atoms with E-state index in [9.17, 15) is 9.18 Å². The highest BCUT2D eigenvalue weighted by molar-refractivity contribution is 5.89. The van der Waals surface area contributed by atoms with Crippen LogP contribution in [-0.2, 0) is 11.3 Å². The van der Waals surface area contributed by atoms with Gasteiger partial charge in [-0.05, 0) is 37.1 Å². The number of H-pyrrole nitrogens is 1. The molecule has 1 unspecified atom stereocenters. The molecule has 1 amide bonds. The van der Waals surface area contributed by atoms with Gasteiger partial charge in [-0.2, -0.15) is 5.10 Å². The highest BCUT2D eigenvalue weighted by atomic mass is 19.1. The second-order valence-corrected chi connectivity index (χ2v) is 6.42. The van der Waals surface area contributed by atoms with Crippen LogP contribution in [0.5, 0.6) is 5.75 Å². The van der Waals surface area contributed by atoms with Crippen LogP contribution in [0.1, 0.15) is 36.9 Å². The number of methoxy groups -OCH3 is 1. The standard InChI is InChI=1S/C18H23FN4O2/c1-12(24)21-16-9-20-22-18(16)14-4-3-7-23(11-14)10-13-5-6-17(25-2)15(19)8-13/h5-6,8-9,14H,3-4,7,10-11H2,1-2H3,(H,20,22)(H,21,24). The third-order valence-corrected chi connectivity index (χ3v) is 4.52. The molecule has 1 fully saturated rings. The van der Waals surface area contributed by atoms with Crippen LogP contribution in [0, 0.1) is 5.82 Å². The van der Waals surface area contributed by atoms with Gasteiger partial charge in [-0.15, -0.1) is 0 Å². The van der Waals surface area contributed by atoms with Crippen molar-refractivity contribution >= 4 is 11.6 Å². The average molecular weight is 346 g/mol. The molecule has 0 radical (unpaired) electrons. The number of rotatable bonds is 5. The first kappa shape index (κ1) is 17.4. The fourth-order valence-electron chi connectivity index (χ4n) is 3.40. The number of benzene rings is 1. The van der Waals surface area contributed by atoms with Crippen LogP contribution < -0.4 is 10.1 Å². The van der Waals surface area contributed by atoms with Crippen LogP contribution in [-0.4, -0.2) is 41.2 Å². The summed E-state index contributed by atoms with van der Waals surface area (Å²) in [6.07, 6.45) is 3.72. The number of anilines is 1. The van der Waals surface area contributed by atoms with Gasteiger partial charge in [-0.25, -0.2) is 4.39 Å². The second-order valence-electron chi connectivity index (χ2n) is 6.42. The number of hydrogen-bond acceptors (Lipinski definition) is 4. The molecule has 1 saturated heterocycles. The van der Waals surface area contributed by atoms with Gasteiger partial charge in [0, 0.05) is 25.9 Å². The van der Waals surface area contributed by atoms with Gasteiger partial charge in [0.25, 0.3) is 0 Å². The molecule has 1 aromatic heterocycles. The molecule has 1 aromatic carbocycles. The van der Waals surface area contributed by atoms with Crippen molar-refractivity contribution in [3.63, 3.8) is 0 Å². The Labute approximate surface area is 146 Å². The Morgan fingerprint density at radius 2 is 2.36 bits per heavy atom. The molecule has 0 saturated carbocycles. The van der Waals surface area contributed by atoms with Crippen molar-refractivity contribution in [1.82, 2.24) is 15.1 Å². The molecule has 6 nitrogen and oxygen atoms in total. The zero-order valence-corrected chi connectivity index (χ0v) is 14.5. The third kappa shape index (κ3) is 4.17. The minimum atomic E-state index is -0.338. The van der Waals surface area contributed by atoms with Crippen molar-refractivity contribution in [2.75, 3.05) is 25.5 Å². The number of carbonyl (C=O) groups is 1. The summed E-state index contributed by atoms with van der Waals surface area (Å²) in [6, 6.07) is 5.09. The summed E-state index contributed by atoms with van der Waals surface area (Å²) in [5, 5.41) is 9.91. The van der Waals surface area contributed by atoms with Crippen LogP contribution >= 0.6 is 0 Å². The molecule has 0 bridgehead atoms. The largest absolute Gasteiger partial charge is 0.494 e. The SMILES string of the molecule is COc1ccc(CN2CCCC(c3[nH]ncc3NC(C)=O)C2)cc1F. The van der Waals surface area contributed by atoms with Gasteiger partial charge < -0.3 is 10.1 Å². The lowest BCUT2D eigenvalue weighted by Gasteiger charge is -2.32. The summed E-state index contributed by atoms with van der Waals surface area (Å²) in [7, 11) is 1.46. The van der Waals surface area contributed by atoms with Crippen molar-refractivity contribution in [3.8, 4) is 5.75 Å².